The zero-order valence-corrected chi connectivity index (χ0v) is 13.4. The summed E-state index contributed by atoms with van der Waals surface area (Å²) < 4.78 is 1.33. The predicted octanol–water partition coefficient (Wildman–Crippen LogP) is 0.954. The number of benzene rings is 1. The van der Waals surface area contributed by atoms with Gasteiger partial charge in [-0.15, -0.1) is 0 Å². The molecule has 1 aliphatic carbocycles. The van der Waals surface area contributed by atoms with Gasteiger partial charge in [0.05, 0.1) is 11.6 Å². The summed E-state index contributed by atoms with van der Waals surface area (Å²) in [6.07, 6.45) is 1.53. The number of hydrogen-bond acceptors (Lipinski definition) is 4. The van der Waals surface area contributed by atoms with Crippen molar-refractivity contribution in [2.45, 2.75) is 25.3 Å². The van der Waals surface area contributed by atoms with Gasteiger partial charge in [0.2, 0.25) is 0 Å². The standard InChI is InChI=1S/C17H18N4O4/c18-15(22)14-9-13(20-21(14)12-4-2-1-3-5-12)16(23)19-11-7-6-10(8-11)17(24)25/h1-5,9-11H,6-8H2,(H2,18,22)(H,19,23)(H,24,25)/t10-,11+/m0/s1. The van der Waals surface area contributed by atoms with E-state index in [0.717, 1.165) is 0 Å². The number of carboxylic acids is 1. The lowest BCUT2D eigenvalue weighted by molar-refractivity contribution is -0.141. The van der Waals surface area contributed by atoms with Crippen LogP contribution in [0.1, 0.15) is 40.2 Å². The van der Waals surface area contributed by atoms with Crippen molar-refractivity contribution in [3.8, 4) is 5.69 Å². The molecule has 0 radical (unpaired) electrons. The van der Waals surface area contributed by atoms with Crippen LogP contribution in [-0.2, 0) is 4.79 Å². The second-order valence-electron chi connectivity index (χ2n) is 6.05. The lowest BCUT2D eigenvalue weighted by atomic mass is 10.1. The fourth-order valence-corrected chi connectivity index (χ4v) is 3.03. The number of nitrogens with zero attached hydrogens (tertiary/aromatic N) is 2. The van der Waals surface area contributed by atoms with Gasteiger partial charge in [0.15, 0.2) is 5.69 Å². The lowest BCUT2D eigenvalue weighted by Crippen LogP contribution is -2.33. The second kappa shape index (κ2) is 6.76. The molecule has 0 unspecified atom stereocenters. The molecular formula is C17H18N4O4. The van der Waals surface area contributed by atoms with Crippen LogP contribution in [0, 0.1) is 5.92 Å². The van der Waals surface area contributed by atoms with Crippen LogP contribution in [0.15, 0.2) is 36.4 Å². The molecule has 1 heterocycles. The Morgan fingerprint density at radius 2 is 1.92 bits per heavy atom. The summed E-state index contributed by atoms with van der Waals surface area (Å²) in [6, 6.07) is 10.0. The minimum atomic E-state index is -0.846. The van der Waals surface area contributed by atoms with E-state index >= 15 is 0 Å². The molecule has 1 aromatic carbocycles. The monoisotopic (exact) mass is 342 g/mol. The molecule has 2 aromatic rings. The third kappa shape index (κ3) is 3.52. The maximum Gasteiger partial charge on any atom is 0.306 e. The molecule has 0 aliphatic heterocycles. The van der Waals surface area contributed by atoms with Crippen LogP contribution in [-0.4, -0.2) is 38.7 Å². The van der Waals surface area contributed by atoms with Crippen molar-refractivity contribution >= 4 is 17.8 Å². The van der Waals surface area contributed by atoms with E-state index in [1.807, 2.05) is 6.07 Å². The number of amides is 2. The number of para-hydroxylation sites is 1. The van der Waals surface area contributed by atoms with Gasteiger partial charge in [-0.05, 0) is 31.4 Å². The second-order valence-corrected chi connectivity index (χ2v) is 6.05. The first-order valence-electron chi connectivity index (χ1n) is 7.94. The van der Waals surface area contributed by atoms with Crippen LogP contribution in [0.2, 0.25) is 0 Å². The summed E-state index contributed by atoms with van der Waals surface area (Å²) in [4.78, 5) is 35.1. The first-order chi connectivity index (χ1) is 12.0. The van der Waals surface area contributed by atoms with Gasteiger partial charge < -0.3 is 16.2 Å². The Labute approximate surface area is 143 Å². The minimum Gasteiger partial charge on any atom is -0.481 e. The molecular weight excluding hydrogens is 324 g/mol. The van der Waals surface area contributed by atoms with Crippen LogP contribution >= 0.6 is 0 Å². The molecule has 8 nitrogen and oxygen atoms in total. The van der Waals surface area contributed by atoms with Crippen LogP contribution < -0.4 is 11.1 Å². The van der Waals surface area contributed by atoms with Gasteiger partial charge in [0.1, 0.15) is 5.69 Å². The van der Waals surface area contributed by atoms with Gasteiger partial charge in [-0.1, -0.05) is 18.2 Å². The fraction of sp³-hybridized carbons (Fsp3) is 0.294. The van der Waals surface area contributed by atoms with Gasteiger partial charge in [-0.2, -0.15) is 5.10 Å². The van der Waals surface area contributed by atoms with Gasteiger partial charge in [0.25, 0.3) is 11.8 Å². The van der Waals surface area contributed by atoms with Crippen molar-refractivity contribution in [2.75, 3.05) is 0 Å². The normalized spacial score (nSPS) is 19.5. The van der Waals surface area contributed by atoms with Crippen molar-refractivity contribution in [2.24, 2.45) is 11.7 Å². The number of nitrogens with two attached hydrogens (primary N) is 1. The first kappa shape index (κ1) is 16.7. The highest BCUT2D eigenvalue weighted by atomic mass is 16.4. The zero-order chi connectivity index (χ0) is 18.0. The van der Waals surface area contributed by atoms with Crippen molar-refractivity contribution in [3.05, 3.63) is 47.8 Å². The number of rotatable bonds is 5. The molecule has 2 amide bonds. The highest BCUT2D eigenvalue weighted by Crippen LogP contribution is 2.26. The van der Waals surface area contributed by atoms with E-state index in [1.54, 1.807) is 24.3 Å². The molecule has 3 rings (SSSR count). The minimum absolute atomic E-state index is 0.0661. The Hall–Kier alpha value is -3.16. The van der Waals surface area contributed by atoms with E-state index in [4.69, 9.17) is 10.8 Å². The van der Waals surface area contributed by atoms with Gasteiger partial charge in [0, 0.05) is 12.1 Å². The van der Waals surface area contributed by atoms with E-state index in [1.165, 1.54) is 10.7 Å². The Morgan fingerprint density at radius 3 is 2.52 bits per heavy atom. The van der Waals surface area contributed by atoms with Crippen LogP contribution in [0.25, 0.3) is 5.69 Å². The summed E-state index contributed by atoms with van der Waals surface area (Å²) in [7, 11) is 0. The first-order valence-corrected chi connectivity index (χ1v) is 7.94. The molecule has 2 atom stereocenters. The fourth-order valence-electron chi connectivity index (χ4n) is 3.03. The number of primary amides is 1. The third-order valence-electron chi connectivity index (χ3n) is 4.31. The maximum absolute atomic E-state index is 12.4. The molecule has 0 saturated heterocycles. The van der Waals surface area contributed by atoms with E-state index in [0.29, 0.717) is 24.9 Å². The summed E-state index contributed by atoms with van der Waals surface area (Å²) in [5, 5.41) is 16.0. The number of aromatic nitrogens is 2. The van der Waals surface area contributed by atoms with Gasteiger partial charge >= 0.3 is 5.97 Å². The number of hydrogen-bond donors (Lipinski definition) is 3. The highest BCUT2D eigenvalue weighted by molar-refractivity contribution is 5.97. The molecule has 0 spiro atoms. The van der Waals surface area contributed by atoms with Gasteiger partial charge in [-0.25, -0.2) is 4.68 Å². The average Bonchev–Trinajstić information content (AvgIpc) is 3.22. The van der Waals surface area contributed by atoms with Crippen molar-refractivity contribution in [3.63, 3.8) is 0 Å². The Morgan fingerprint density at radius 1 is 1.20 bits per heavy atom. The lowest BCUT2D eigenvalue weighted by Gasteiger charge is -2.10. The van der Waals surface area contributed by atoms with Crippen LogP contribution in [0.5, 0.6) is 0 Å². The van der Waals surface area contributed by atoms with Crippen LogP contribution in [0.3, 0.4) is 0 Å². The van der Waals surface area contributed by atoms with E-state index in [2.05, 4.69) is 10.4 Å². The molecule has 1 saturated carbocycles. The molecule has 130 valence electrons. The number of carbonyl (C=O) groups excluding carboxylic acids is 2. The largest absolute Gasteiger partial charge is 0.481 e. The summed E-state index contributed by atoms with van der Waals surface area (Å²) in [5.41, 5.74) is 6.17. The molecule has 1 aliphatic rings. The number of carboxylic acid groups (broad SMARTS) is 1. The smallest absolute Gasteiger partial charge is 0.306 e. The third-order valence-corrected chi connectivity index (χ3v) is 4.31. The number of carbonyl (C=O) groups is 3. The Bertz CT molecular complexity index is 815. The predicted molar refractivity (Wildman–Crippen MR) is 88.3 cm³/mol. The van der Waals surface area contributed by atoms with Crippen molar-refractivity contribution in [1.82, 2.24) is 15.1 Å². The number of aliphatic carboxylic acids is 1. The zero-order valence-electron chi connectivity index (χ0n) is 13.4. The molecule has 0 bridgehead atoms. The average molecular weight is 342 g/mol. The SMILES string of the molecule is NC(=O)c1cc(C(=O)N[C@@H]2CC[C@H](C(=O)O)C2)nn1-c1ccccc1. The molecule has 25 heavy (non-hydrogen) atoms. The summed E-state index contributed by atoms with van der Waals surface area (Å²) in [5.74, 6) is -2.43. The summed E-state index contributed by atoms with van der Waals surface area (Å²) in [6.45, 7) is 0. The highest BCUT2D eigenvalue weighted by Gasteiger charge is 2.31. The molecule has 4 N–H and O–H groups in total. The van der Waals surface area contributed by atoms with E-state index in [9.17, 15) is 14.4 Å². The quantitative estimate of drug-likeness (QED) is 0.745. The van der Waals surface area contributed by atoms with Gasteiger partial charge in [-0.3, -0.25) is 14.4 Å². The Balaban J connectivity index is 1.80. The topological polar surface area (TPSA) is 127 Å². The molecule has 8 heteroatoms. The maximum atomic E-state index is 12.4. The van der Waals surface area contributed by atoms with Crippen molar-refractivity contribution in [1.29, 1.82) is 0 Å². The van der Waals surface area contributed by atoms with Crippen molar-refractivity contribution < 1.29 is 19.5 Å². The van der Waals surface area contributed by atoms with Crippen LogP contribution in [0.4, 0.5) is 0 Å². The van der Waals surface area contributed by atoms with E-state index < -0.39 is 23.7 Å². The Kier molecular flexibility index (Phi) is 4.51. The number of nitrogens with one attached hydrogen (secondary N) is 1. The molecule has 1 aromatic heterocycles. The summed E-state index contributed by atoms with van der Waals surface area (Å²) >= 11 is 0. The van der Waals surface area contributed by atoms with E-state index in [-0.39, 0.29) is 17.4 Å². The molecule has 1 fully saturated rings.